The third-order valence-corrected chi connectivity index (χ3v) is 11.5. The van der Waals surface area contributed by atoms with Crippen LogP contribution in [0.3, 0.4) is 0 Å². The zero-order valence-electron chi connectivity index (χ0n) is 33.9. The molecular formula is C49H46N4O9. The summed E-state index contributed by atoms with van der Waals surface area (Å²) >= 11 is 0. The van der Waals surface area contributed by atoms with E-state index in [1.165, 1.54) is 0 Å². The molecule has 4 aromatic carbocycles. The Kier molecular flexibility index (Phi) is 11.9. The van der Waals surface area contributed by atoms with E-state index in [0.717, 1.165) is 65.9 Å². The normalized spacial score (nSPS) is 17.7. The van der Waals surface area contributed by atoms with E-state index in [2.05, 4.69) is 19.9 Å². The number of hydrogen-bond acceptors (Lipinski definition) is 9. The van der Waals surface area contributed by atoms with Crippen LogP contribution in [0.5, 0.6) is 0 Å². The number of aromatic nitrogens is 4. The molecule has 13 heteroatoms. The highest BCUT2D eigenvalue weighted by molar-refractivity contribution is 5.86. The number of rotatable bonds is 16. The maximum absolute atomic E-state index is 13.8. The summed E-state index contributed by atoms with van der Waals surface area (Å²) in [5, 5.41) is 3.95. The lowest BCUT2D eigenvalue weighted by molar-refractivity contribution is -0.275. The highest BCUT2D eigenvalue weighted by Crippen LogP contribution is 2.29. The third kappa shape index (κ3) is 8.98. The standard InChI is InChI=1S/C49H46N4O9/c54-43(21-17-30-25-50-38-13-5-1-9-34(30)38)59-42-29-58-49(62-46(57)24-20-33-28-53-41-16-8-4-12-37(33)41)48(61-45(56)23-19-32-27-52-40-15-7-3-11-36(32)40)47(42)60-44(55)22-18-31-26-51-39-14-6-2-10-35(31)39/h1-16,25-28,42,47-53H,17-24,29H2/t42-,47-,48+,49+/m1/s1. The molecule has 4 N–H and O–H groups in total. The van der Waals surface area contributed by atoms with Crippen molar-refractivity contribution in [3.8, 4) is 0 Å². The lowest BCUT2D eigenvalue weighted by atomic mass is 10.0. The summed E-state index contributed by atoms with van der Waals surface area (Å²) in [6.45, 7) is -0.289. The van der Waals surface area contributed by atoms with Crippen LogP contribution in [0.25, 0.3) is 43.6 Å². The molecule has 0 aliphatic carbocycles. The van der Waals surface area contributed by atoms with E-state index in [-0.39, 0.29) is 32.3 Å². The summed E-state index contributed by atoms with van der Waals surface area (Å²) in [6, 6.07) is 31.1. The predicted octanol–water partition coefficient (Wildman–Crippen LogP) is 8.08. The van der Waals surface area contributed by atoms with Crippen LogP contribution in [0.2, 0.25) is 0 Å². The van der Waals surface area contributed by atoms with Crippen molar-refractivity contribution in [1.29, 1.82) is 0 Å². The summed E-state index contributed by atoms with van der Waals surface area (Å²) in [5.41, 5.74) is 7.49. The second kappa shape index (κ2) is 18.2. The lowest BCUT2D eigenvalue weighted by Crippen LogP contribution is -2.58. The molecule has 316 valence electrons. The molecule has 4 atom stereocenters. The lowest BCUT2D eigenvalue weighted by Gasteiger charge is -2.40. The molecule has 1 aliphatic heterocycles. The minimum Gasteiger partial charge on any atom is -0.456 e. The number of esters is 4. The average Bonchev–Trinajstić information content (AvgIpc) is 4.10. The van der Waals surface area contributed by atoms with Gasteiger partial charge in [-0.05, 0) is 72.2 Å². The Hall–Kier alpha value is -7.12. The number of H-pyrrole nitrogens is 4. The summed E-state index contributed by atoms with van der Waals surface area (Å²) in [5.74, 6) is -2.44. The number of para-hydroxylation sites is 4. The third-order valence-electron chi connectivity index (χ3n) is 11.5. The molecule has 0 radical (unpaired) electrons. The number of carbonyl (C=O) groups excluding carboxylic acids is 4. The van der Waals surface area contributed by atoms with Gasteiger partial charge in [-0.25, -0.2) is 0 Å². The molecule has 4 aromatic heterocycles. The van der Waals surface area contributed by atoms with Crippen LogP contribution in [-0.2, 0) is 68.5 Å². The Morgan fingerprint density at radius 2 is 0.758 bits per heavy atom. The number of benzene rings is 4. The molecule has 0 unspecified atom stereocenters. The number of aromatic amines is 4. The summed E-state index contributed by atoms with van der Waals surface area (Å²) in [6.07, 6.45) is 3.33. The van der Waals surface area contributed by atoms with E-state index in [4.69, 9.17) is 23.7 Å². The fourth-order valence-electron chi connectivity index (χ4n) is 8.35. The predicted molar refractivity (Wildman–Crippen MR) is 232 cm³/mol. The van der Waals surface area contributed by atoms with Crippen molar-refractivity contribution in [2.75, 3.05) is 6.61 Å². The van der Waals surface area contributed by atoms with Crippen LogP contribution >= 0.6 is 0 Å². The Labute approximate surface area is 356 Å². The van der Waals surface area contributed by atoms with Crippen LogP contribution in [0.15, 0.2) is 122 Å². The van der Waals surface area contributed by atoms with Gasteiger partial charge in [0.25, 0.3) is 0 Å². The van der Waals surface area contributed by atoms with Gasteiger partial charge in [0.05, 0.1) is 6.61 Å². The highest BCUT2D eigenvalue weighted by Gasteiger charge is 2.49. The van der Waals surface area contributed by atoms with Gasteiger partial charge >= 0.3 is 23.9 Å². The smallest absolute Gasteiger partial charge is 0.308 e. The first kappa shape index (κ1) is 40.3. The van der Waals surface area contributed by atoms with Gasteiger partial charge in [0, 0.05) is 94.1 Å². The van der Waals surface area contributed by atoms with Crippen LogP contribution in [0.4, 0.5) is 0 Å². The van der Waals surface area contributed by atoms with Gasteiger partial charge in [-0.15, -0.1) is 0 Å². The van der Waals surface area contributed by atoms with Gasteiger partial charge in [-0.1, -0.05) is 72.8 Å². The Morgan fingerprint density at radius 1 is 0.435 bits per heavy atom. The summed E-state index contributed by atoms with van der Waals surface area (Å²) in [7, 11) is 0. The van der Waals surface area contributed by atoms with Crippen molar-refractivity contribution in [1.82, 2.24) is 19.9 Å². The minimum atomic E-state index is -1.46. The first-order valence-electron chi connectivity index (χ1n) is 21.0. The first-order chi connectivity index (χ1) is 30.4. The second-order valence-electron chi connectivity index (χ2n) is 15.6. The van der Waals surface area contributed by atoms with Crippen LogP contribution in [0, 0.1) is 0 Å². The largest absolute Gasteiger partial charge is 0.456 e. The van der Waals surface area contributed by atoms with Gasteiger partial charge in [0.2, 0.25) is 12.4 Å². The van der Waals surface area contributed by atoms with E-state index in [1.807, 2.05) is 122 Å². The van der Waals surface area contributed by atoms with Crippen LogP contribution in [-0.4, -0.2) is 75.0 Å². The van der Waals surface area contributed by atoms with E-state index >= 15 is 0 Å². The molecule has 0 bridgehead atoms. The van der Waals surface area contributed by atoms with E-state index in [9.17, 15) is 19.2 Å². The first-order valence-corrected chi connectivity index (χ1v) is 21.0. The molecular weight excluding hydrogens is 789 g/mol. The molecule has 0 spiro atoms. The van der Waals surface area contributed by atoms with Crippen LogP contribution < -0.4 is 0 Å². The molecule has 5 heterocycles. The van der Waals surface area contributed by atoms with Crippen molar-refractivity contribution in [2.24, 2.45) is 0 Å². The molecule has 1 aliphatic rings. The van der Waals surface area contributed by atoms with Gasteiger partial charge in [0.15, 0.2) is 12.2 Å². The molecule has 8 aromatic rings. The number of nitrogens with one attached hydrogen (secondary N) is 4. The molecule has 62 heavy (non-hydrogen) atoms. The van der Waals surface area contributed by atoms with Crippen molar-refractivity contribution < 1.29 is 42.9 Å². The molecule has 1 fully saturated rings. The van der Waals surface area contributed by atoms with Gasteiger partial charge < -0.3 is 43.6 Å². The zero-order chi connectivity index (χ0) is 42.4. The van der Waals surface area contributed by atoms with Gasteiger partial charge in [-0.3, -0.25) is 19.2 Å². The van der Waals surface area contributed by atoms with Crippen molar-refractivity contribution >= 4 is 67.5 Å². The number of ether oxygens (including phenoxy) is 5. The average molecular weight is 835 g/mol. The molecule has 9 rings (SSSR count). The second-order valence-corrected chi connectivity index (χ2v) is 15.6. The number of fused-ring (bicyclic) bond motifs is 4. The maximum Gasteiger partial charge on any atom is 0.308 e. The van der Waals surface area contributed by atoms with Crippen molar-refractivity contribution in [3.05, 3.63) is 144 Å². The number of carbonyl (C=O) groups is 4. The minimum absolute atomic E-state index is 0.00966. The number of aryl methyl sites for hydroxylation is 4. The Morgan fingerprint density at radius 3 is 1.15 bits per heavy atom. The topological polar surface area (TPSA) is 178 Å². The fourth-order valence-corrected chi connectivity index (χ4v) is 8.35. The van der Waals surface area contributed by atoms with Gasteiger partial charge in [0.1, 0.15) is 0 Å². The van der Waals surface area contributed by atoms with E-state index < -0.39 is 48.5 Å². The fraction of sp³-hybridized carbons (Fsp3) is 0.265. The highest BCUT2D eigenvalue weighted by atomic mass is 16.7. The molecule has 13 nitrogen and oxygen atoms in total. The van der Waals surface area contributed by atoms with E-state index in [1.54, 1.807) is 0 Å². The molecule has 0 amide bonds. The maximum atomic E-state index is 13.8. The quantitative estimate of drug-likeness (QED) is 0.0554. The Bertz CT molecular complexity index is 2670. The molecule has 0 saturated carbocycles. The molecule has 1 saturated heterocycles. The monoisotopic (exact) mass is 834 g/mol. The zero-order valence-corrected chi connectivity index (χ0v) is 33.9. The van der Waals surface area contributed by atoms with Crippen LogP contribution in [0.1, 0.15) is 47.9 Å². The van der Waals surface area contributed by atoms with Crippen molar-refractivity contribution in [3.63, 3.8) is 0 Å². The SMILES string of the molecule is O=C(CCc1c[nH]c2ccccc12)O[C@@H]1OC[C@@H](OC(=O)CCc2c[nH]c3ccccc23)[C@@H](OC(=O)CCc2c[nH]c3ccccc23)[C@@H]1OC(=O)CCc1c[nH]c2ccccc12. The number of hydrogen-bond donors (Lipinski definition) is 4. The summed E-state index contributed by atoms with van der Waals surface area (Å²) < 4.78 is 30.2. The van der Waals surface area contributed by atoms with Crippen molar-refractivity contribution in [2.45, 2.75) is 76.0 Å². The summed E-state index contributed by atoms with van der Waals surface area (Å²) in [4.78, 5) is 67.6. The van der Waals surface area contributed by atoms with Gasteiger partial charge in [-0.2, -0.15) is 0 Å². The Balaban J connectivity index is 0.946. The van der Waals surface area contributed by atoms with E-state index in [0.29, 0.717) is 25.7 Å².